The van der Waals surface area contributed by atoms with Gasteiger partial charge in [0, 0.05) is 24.7 Å². The molecule has 1 aliphatic carbocycles. The minimum absolute atomic E-state index is 0.0143. The summed E-state index contributed by atoms with van der Waals surface area (Å²) in [5.74, 6) is -1.02. The third-order valence-corrected chi connectivity index (χ3v) is 7.13. The van der Waals surface area contributed by atoms with E-state index in [0.29, 0.717) is 30.8 Å². The van der Waals surface area contributed by atoms with Gasteiger partial charge in [-0.15, -0.1) is 23.2 Å². The molecule has 0 radical (unpaired) electrons. The number of benzene rings is 1. The molecule has 1 saturated carbocycles. The maximum absolute atomic E-state index is 12.8. The quantitative estimate of drug-likeness (QED) is 0.316. The van der Waals surface area contributed by atoms with E-state index < -0.39 is 16.3 Å². The molecule has 30 heavy (non-hydrogen) atoms. The van der Waals surface area contributed by atoms with Crippen molar-refractivity contribution in [1.82, 2.24) is 10.2 Å². The lowest BCUT2D eigenvalue weighted by Gasteiger charge is -2.24. The predicted octanol–water partition coefficient (Wildman–Crippen LogP) is -0.321. The summed E-state index contributed by atoms with van der Waals surface area (Å²) in [5.41, 5.74) is 6.12. The fraction of sp³-hybridized carbons (Fsp3) is 0.500. The lowest BCUT2D eigenvalue weighted by atomic mass is 10.1. The van der Waals surface area contributed by atoms with Crippen LogP contribution in [-0.2, 0) is 14.4 Å². The molecule has 3 rings (SSSR count). The number of primary amides is 1. The molecule has 2 unspecified atom stereocenters. The number of carbonyl (C=O) groups is 3. The number of nitrogens with zero attached hydrogens (tertiary/aromatic N) is 1. The van der Waals surface area contributed by atoms with E-state index >= 15 is 0 Å². The van der Waals surface area contributed by atoms with Crippen LogP contribution in [0.3, 0.4) is 0 Å². The van der Waals surface area contributed by atoms with Gasteiger partial charge in [0.25, 0.3) is 5.71 Å². The Morgan fingerprint density at radius 2 is 1.97 bits per heavy atom. The zero-order valence-electron chi connectivity index (χ0n) is 16.7. The molecule has 0 aromatic heterocycles. The molecule has 0 spiro atoms. The van der Waals surface area contributed by atoms with Crippen LogP contribution in [-0.4, -0.2) is 58.3 Å². The molecule has 1 aromatic carbocycles. The minimum atomic E-state index is -0.792. The van der Waals surface area contributed by atoms with Crippen molar-refractivity contribution in [1.29, 1.82) is 0 Å². The standard InChI is InChI=1S/C20H25Cl2N5O3/c1-11-13(20(11,21)22)9-26-19(30)15-7-4-8-27(15)16(28)10-25-14-6-3-2-5-12(14)17(23)18(24)29/h2-3,5-6,11,13,15,23,25H,4,7-10H2,1H3,(H2,24,29)(H,26,30)/p+1/t11?,13?,15-/m0/s1. The molecule has 8 nitrogen and oxygen atoms in total. The second-order valence-corrected chi connectivity index (χ2v) is 9.18. The fourth-order valence-electron chi connectivity index (χ4n) is 3.82. The second kappa shape index (κ2) is 8.81. The highest BCUT2D eigenvalue weighted by Crippen LogP contribution is 2.58. The third-order valence-electron chi connectivity index (χ3n) is 5.88. The van der Waals surface area contributed by atoms with Crippen molar-refractivity contribution in [2.75, 3.05) is 25.0 Å². The first-order valence-electron chi connectivity index (χ1n) is 9.85. The van der Waals surface area contributed by atoms with Crippen LogP contribution >= 0.6 is 23.2 Å². The number of carbonyl (C=O) groups excluding carboxylic acids is 3. The largest absolute Gasteiger partial charge is 0.375 e. The maximum Gasteiger partial charge on any atom is 0.313 e. The smallest absolute Gasteiger partial charge is 0.313 e. The van der Waals surface area contributed by atoms with Crippen molar-refractivity contribution in [3.8, 4) is 0 Å². The molecule has 3 atom stereocenters. The topological polar surface area (TPSA) is 130 Å². The number of halogens is 2. The van der Waals surface area contributed by atoms with Gasteiger partial charge in [-0.05, 0) is 30.9 Å². The number of para-hydroxylation sites is 1. The molecular weight excluding hydrogens is 429 g/mol. The van der Waals surface area contributed by atoms with Crippen LogP contribution in [0.4, 0.5) is 5.69 Å². The van der Waals surface area contributed by atoms with Crippen LogP contribution in [0.15, 0.2) is 24.3 Å². The summed E-state index contributed by atoms with van der Waals surface area (Å²) in [6.07, 6.45) is 1.35. The van der Waals surface area contributed by atoms with Gasteiger partial charge < -0.3 is 21.3 Å². The van der Waals surface area contributed by atoms with E-state index in [1.807, 2.05) is 6.92 Å². The highest BCUT2D eigenvalue weighted by atomic mass is 35.5. The average Bonchev–Trinajstić information content (AvgIpc) is 3.06. The summed E-state index contributed by atoms with van der Waals surface area (Å²) in [5, 5.41) is 11.6. The number of rotatable bonds is 8. The number of anilines is 1. The summed E-state index contributed by atoms with van der Waals surface area (Å²) < 4.78 is -0.792. The third kappa shape index (κ3) is 4.54. The highest BCUT2D eigenvalue weighted by Gasteiger charge is 2.60. The molecule has 0 bridgehead atoms. The molecule has 2 fully saturated rings. The molecule has 10 heteroatoms. The molecule has 6 N–H and O–H groups in total. The van der Waals surface area contributed by atoms with Crippen molar-refractivity contribution in [3.05, 3.63) is 29.8 Å². The van der Waals surface area contributed by atoms with E-state index in [0.717, 1.165) is 6.42 Å². The molecule has 2 aliphatic rings. The Bertz CT molecular complexity index is 876. The fourth-order valence-corrected chi connectivity index (χ4v) is 4.53. The number of alkyl halides is 2. The van der Waals surface area contributed by atoms with Crippen molar-refractivity contribution in [2.24, 2.45) is 17.6 Å². The van der Waals surface area contributed by atoms with E-state index in [1.54, 1.807) is 29.2 Å². The summed E-state index contributed by atoms with van der Waals surface area (Å²) in [7, 11) is 0. The Morgan fingerprint density at radius 3 is 2.60 bits per heavy atom. The molecule has 3 amide bonds. The number of nitrogens with two attached hydrogens (primary N) is 2. The van der Waals surface area contributed by atoms with Gasteiger partial charge in [0.2, 0.25) is 11.8 Å². The Morgan fingerprint density at radius 1 is 1.30 bits per heavy atom. The molecular formula is C20H26Cl2N5O3+. The average molecular weight is 455 g/mol. The summed E-state index contributed by atoms with van der Waals surface area (Å²) >= 11 is 12.3. The number of nitrogens with one attached hydrogen (secondary N) is 2. The molecule has 1 aliphatic heterocycles. The first-order valence-corrected chi connectivity index (χ1v) is 10.6. The summed E-state index contributed by atoms with van der Waals surface area (Å²) in [6, 6.07) is 6.30. The maximum atomic E-state index is 12.8. The Balaban J connectivity index is 1.57. The van der Waals surface area contributed by atoms with Crippen molar-refractivity contribution >= 4 is 52.3 Å². The van der Waals surface area contributed by atoms with Gasteiger partial charge in [-0.3, -0.25) is 14.4 Å². The van der Waals surface area contributed by atoms with Gasteiger partial charge in [0.05, 0.1) is 12.1 Å². The van der Waals surface area contributed by atoms with E-state index in [1.165, 1.54) is 0 Å². The van der Waals surface area contributed by atoms with E-state index in [2.05, 4.69) is 10.6 Å². The monoisotopic (exact) mass is 454 g/mol. The number of amides is 3. The van der Waals surface area contributed by atoms with Crippen LogP contribution in [0, 0.1) is 11.8 Å². The molecule has 1 saturated heterocycles. The Labute approximate surface area is 185 Å². The van der Waals surface area contributed by atoms with E-state index in [-0.39, 0.29) is 35.9 Å². The summed E-state index contributed by atoms with van der Waals surface area (Å²) in [6.45, 7) is 2.79. The van der Waals surface area contributed by atoms with Gasteiger partial charge in [0.1, 0.15) is 10.4 Å². The van der Waals surface area contributed by atoms with Gasteiger partial charge >= 0.3 is 5.91 Å². The zero-order valence-corrected chi connectivity index (χ0v) is 18.2. The zero-order chi connectivity index (χ0) is 22.1. The second-order valence-electron chi connectivity index (χ2n) is 7.74. The first-order chi connectivity index (χ1) is 14.1. The van der Waals surface area contributed by atoms with Crippen molar-refractivity contribution in [3.63, 3.8) is 0 Å². The molecule has 1 aromatic rings. The van der Waals surface area contributed by atoms with Crippen LogP contribution in [0.2, 0.25) is 0 Å². The van der Waals surface area contributed by atoms with E-state index in [9.17, 15) is 14.4 Å². The molecule has 1 heterocycles. The Kier molecular flexibility index (Phi) is 6.57. The summed E-state index contributed by atoms with van der Waals surface area (Å²) in [4.78, 5) is 38.3. The van der Waals surface area contributed by atoms with Crippen LogP contribution in [0.1, 0.15) is 25.3 Å². The van der Waals surface area contributed by atoms with Crippen LogP contribution < -0.4 is 21.8 Å². The van der Waals surface area contributed by atoms with Gasteiger partial charge in [-0.25, -0.2) is 5.41 Å². The number of hydrogen-bond donors (Lipinski definition) is 4. The predicted molar refractivity (Wildman–Crippen MR) is 115 cm³/mol. The SMILES string of the molecule is CC1C(CNC(=O)[C@@H]2CCCN2C(=O)CNc2ccccc2C(=[NH2+])C(N)=O)C1(Cl)Cl. The minimum Gasteiger partial charge on any atom is -0.375 e. The number of hydrogen-bond acceptors (Lipinski definition) is 4. The van der Waals surface area contributed by atoms with Crippen molar-refractivity contribution in [2.45, 2.75) is 30.1 Å². The van der Waals surface area contributed by atoms with Gasteiger partial charge in [0.15, 0.2) is 0 Å². The van der Waals surface area contributed by atoms with Gasteiger partial charge in [-0.2, -0.15) is 0 Å². The lowest BCUT2D eigenvalue weighted by molar-refractivity contribution is -0.137. The highest BCUT2D eigenvalue weighted by molar-refractivity contribution is 6.51. The van der Waals surface area contributed by atoms with Crippen LogP contribution in [0.25, 0.3) is 0 Å². The van der Waals surface area contributed by atoms with Crippen LogP contribution in [0.5, 0.6) is 0 Å². The van der Waals surface area contributed by atoms with E-state index in [4.69, 9.17) is 34.3 Å². The first kappa shape index (κ1) is 22.4. The van der Waals surface area contributed by atoms with Gasteiger partial charge in [-0.1, -0.05) is 19.1 Å². The number of likely N-dealkylation sites (tertiary alicyclic amines) is 1. The lowest BCUT2D eigenvalue weighted by Crippen LogP contribution is -2.49. The molecule has 162 valence electrons. The van der Waals surface area contributed by atoms with Crippen molar-refractivity contribution < 1.29 is 19.8 Å². The Hall–Kier alpha value is -2.32. The normalized spacial score (nSPS) is 24.2.